The number of carbonyl (C=O) groups is 1. The smallest absolute Gasteiger partial charge is 0.260 e. The van der Waals surface area contributed by atoms with Gasteiger partial charge < -0.3 is 15.0 Å². The fourth-order valence-electron chi connectivity index (χ4n) is 3.12. The Balaban J connectivity index is 1.48. The molecule has 2 heterocycles. The molecule has 0 aromatic heterocycles. The molecule has 2 aliphatic rings. The molecule has 5 nitrogen and oxygen atoms in total. The van der Waals surface area contributed by atoms with E-state index in [1.54, 1.807) is 0 Å². The van der Waals surface area contributed by atoms with Crippen LogP contribution in [0.25, 0.3) is 0 Å². The second-order valence-corrected chi connectivity index (χ2v) is 6.34. The Morgan fingerprint density at radius 3 is 2.87 bits per heavy atom. The average molecular weight is 342 g/mol. The highest BCUT2D eigenvalue weighted by Crippen LogP contribution is 2.21. The molecule has 1 N–H and O–H groups in total. The van der Waals surface area contributed by atoms with E-state index in [1.165, 1.54) is 18.2 Å². The molecule has 2 saturated heterocycles. The molecule has 3 rings (SSSR count). The maximum atomic E-state index is 13.1. The fourth-order valence-corrected chi connectivity index (χ4v) is 3.29. The highest BCUT2D eigenvalue weighted by atomic mass is 35.5. The number of ether oxygens (including phenoxy) is 1. The van der Waals surface area contributed by atoms with Gasteiger partial charge in [-0.05, 0) is 18.6 Å². The van der Waals surface area contributed by atoms with E-state index in [0.717, 1.165) is 45.7 Å². The van der Waals surface area contributed by atoms with Crippen molar-refractivity contribution in [2.75, 3.05) is 45.9 Å². The molecule has 7 heteroatoms. The average Bonchev–Trinajstić information content (AvgIpc) is 3.06. The summed E-state index contributed by atoms with van der Waals surface area (Å²) in [6.07, 6.45) is 1.01. The Hall–Kier alpha value is -1.37. The van der Waals surface area contributed by atoms with Crippen molar-refractivity contribution < 1.29 is 13.9 Å². The van der Waals surface area contributed by atoms with E-state index in [4.69, 9.17) is 16.3 Å². The van der Waals surface area contributed by atoms with Crippen molar-refractivity contribution in [2.45, 2.75) is 12.5 Å². The number of nitrogens with zero attached hydrogens (tertiary/aromatic N) is 2. The summed E-state index contributed by atoms with van der Waals surface area (Å²) in [5.74, 6) is -0.130. The molecular formula is C16H21ClFN3O2. The van der Waals surface area contributed by atoms with E-state index in [9.17, 15) is 9.18 Å². The fraction of sp³-hybridized carbons (Fsp3) is 0.562. The van der Waals surface area contributed by atoms with E-state index in [2.05, 4.69) is 10.2 Å². The molecule has 0 saturated carbocycles. The maximum absolute atomic E-state index is 13.1. The molecule has 1 aromatic rings. The molecule has 1 unspecified atom stereocenters. The van der Waals surface area contributed by atoms with Crippen molar-refractivity contribution in [3.8, 4) is 5.75 Å². The second-order valence-electron chi connectivity index (χ2n) is 5.93. The first-order chi connectivity index (χ1) is 11.1. The van der Waals surface area contributed by atoms with Crippen molar-refractivity contribution in [3.63, 3.8) is 0 Å². The normalized spacial score (nSPS) is 22.3. The third-order valence-electron chi connectivity index (χ3n) is 4.44. The van der Waals surface area contributed by atoms with Crippen molar-refractivity contribution in [1.82, 2.24) is 15.1 Å². The van der Waals surface area contributed by atoms with E-state index in [0.29, 0.717) is 11.8 Å². The van der Waals surface area contributed by atoms with Crippen LogP contribution in [0.3, 0.4) is 0 Å². The third kappa shape index (κ3) is 4.13. The van der Waals surface area contributed by atoms with Crippen LogP contribution in [0.1, 0.15) is 6.42 Å². The molecule has 126 valence electrons. The van der Waals surface area contributed by atoms with Crippen LogP contribution in [-0.2, 0) is 4.79 Å². The van der Waals surface area contributed by atoms with Crippen molar-refractivity contribution in [1.29, 1.82) is 0 Å². The molecule has 2 fully saturated rings. The SMILES string of the molecule is O=C(COc1ccc(F)c(Cl)c1)N1CCC(N2CCNCC2)C1. The Morgan fingerprint density at radius 2 is 2.13 bits per heavy atom. The lowest BCUT2D eigenvalue weighted by molar-refractivity contribution is -0.132. The number of amides is 1. The van der Waals surface area contributed by atoms with Gasteiger partial charge in [-0.15, -0.1) is 0 Å². The lowest BCUT2D eigenvalue weighted by Gasteiger charge is -2.32. The predicted molar refractivity (Wildman–Crippen MR) is 86.3 cm³/mol. The zero-order chi connectivity index (χ0) is 16.2. The topological polar surface area (TPSA) is 44.8 Å². The van der Waals surface area contributed by atoms with Crippen LogP contribution in [0.2, 0.25) is 5.02 Å². The van der Waals surface area contributed by atoms with Crippen molar-refractivity contribution in [3.05, 3.63) is 29.0 Å². The van der Waals surface area contributed by atoms with Crippen LogP contribution >= 0.6 is 11.6 Å². The minimum absolute atomic E-state index is 0.00473. The first kappa shape index (κ1) is 16.5. The number of halogens is 2. The van der Waals surface area contributed by atoms with E-state index in [1.807, 2.05) is 4.90 Å². The maximum Gasteiger partial charge on any atom is 0.260 e. The number of hydrogen-bond acceptors (Lipinski definition) is 4. The zero-order valence-electron chi connectivity index (χ0n) is 12.9. The van der Waals surface area contributed by atoms with Gasteiger partial charge >= 0.3 is 0 Å². The Labute approximate surface area is 140 Å². The summed E-state index contributed by atoms with van der Waals surface area (Å²) in [5, 5.41) is 3.33. The summed E-state index contributed by atoms with van der Waals surface area (Å²) in [6, 6.07) is 4.54. The van der Waals surface area contributed by atoms with Gasteiger partial charge in [-0.3, -0.25) is 9.69 Å². The summed E-state index contributed by atoms with van der Waals surface area (Å²) < 4.78 is 18.5. The largest absolute Gasteiger partial charge is 0.484 e. The van der Waals surface area contributed by atoms with Crippen LogP contribution in [0.4, 0.5) is 4.39 Å². The van der Waals surface area contributed by atoms with Gasteiger partial charge in [0.15, 0.2) is 6.61 Å². The molecule has 0 bridgehead atoms. The van der Waals surface area contributed by atoms with Gasteiger partial charge in [-0.1, -0.05) is 11.6 Å². The molecule has 1 amide bonds. The van der Waals surface area contributed by atoms with Gasteiger partial charge in [-0.25, -0.2) is 4.39 Å². The van der Waals surface area contributed by atoms with Crippen LogP contribution in [0, 0.1) is 5.82 Å². The Morgan fingerprint density at radius 1 is 1.35 bits per heavy atom. The summed E-state index contributed by atoms with van der Waals surface area (Å²) in [4.78, 5) is 16.6. The van der Waals surface area contributed by atoms with Crippen LogP contribution in [-0.4, -0.2) is 67.6 Å². The molecular weight excluding hydrogens is 321 g/mol. The Bertz CT molecular complexity index is 566. The molecule has 23 heavy (non-hydrogen) atoms. The van der Waals surface area contributed by atoms with Gasteiger partial charge in [0.25, 0.3) is 5.91 Å². The van der Waals surface area contributed by atoms with Gasteiger partial charge in [-0.2, -0.15) is 0 Å². The first-order valence-electron chi connectivity index (χ1n) is 7.94. The van der Waals surface area contributed by atoms with Gasteiger partial charge in [0.1, 0.15) is 11.6 Å². The lowest BCUT2D eigenvalue weighted by atomic mass is 10.2. The van der Waals surface area contributed by atoms with E-state index < -0.39 is 5.82 Å². The van der Waals surface area contributed by atoms with E-state index in [-0.39, 0.29) is 17.5 Å². The van der Waals surface area contributed by atoms with Gasteiger partial charge in [0.2, 0.25) is 0 Å². The monoisotopic (exact) mass is 341 g/mol. The van der Waals surface area contributed by atoms with Crippen molar-refractivity contribution in [2.24, 2.45) is 0 Å². The third-order valence-corrected chi connectivity index (χ3v) is 4.73. The number of likely N-dealkylation sites (tertiary alicyclic amines) is 1. The molecule has 1 atom stereocenters. The first-order valence-corrected chi connectivity index (χ1v) is 8.31. The van der Waals surface area contributed by atoms with Gasteiger partial charge in [0.05, 0.1) is 5.02 Å². The predicted octanol–water partition coefficient (Wildman–Crippen LogP) is 1.36. The standard InChI is InChI=1S/C16H21ClFN3O2/c17-14-9-13(1-2-15(14)18)23-11-16(22)21-6-3-12(10-21)20-7-4-19-5-8-20/h1-2,9,12,19H,3-8,10-11H2. The minimum atomic E-state index is -0.497. The van der Waals surface area contributed by atoms with Gasteiger partial charge in [0, 0.05) is 51.4 Å². The molecule has 0 radical (unpaired) electrons. The number of rotatable bonds is 4. The number of piperazine rings is 1. The number of hydrogen-bond donors (Lipinski definition) is 1. The lowest BCUT2D eigenvalue weighted by Crippen LogP contribution is -2.49. The van der Waals surface area contributed by atoms with E-state index >= 15 is 0 Å². The number of nitrogens with one attached hydrogen (secondary N) is 1. The van der Waals surface area contributed by atoms with Crippen LogP contribution in [0.15, 0.2) is 18.2 Å². The van der Waals surface area contributed by atoms with Crippen molar-refractivity contribution >= 4 is 17.5 Å². The highest BCUT2D eigenvalue weighted by molar-refractivity contribution is 6.30. The summed E-state index contributed by atoms with van der Waals surface area (Å²) >= 11 is 5.70. The second kappa shape index (κ2) is 7.47. The zero-order valence-corrected chi connectivity index (χ0v) is 13.7. The van der Waals surface area contributed by atoms with Crippen LogP contribution < -0.4 is 10.1 Å². The number of benzene rings is 1. The Kier molecular flexibility index (Phi) is 5.35. The number of carbonyl (C=O) groups excluding carboxylic acids is 1. The molecule has 0 aliphatic carbocycles. The van der Waals surface area contributed by atoms with Crippen LogP contribution in [0.5, 0.6) is 5.75 Å². The molecule has 0 spiro atoms. The molecule has 1 aromatic carbocycles. The highest BCUT2D eigenvalue weighted by Gasteiger charge is 2.30. The minimum Gasteiger partial charge on any atom is -0.484 e. The quantitative estimate of drug-likeness (QED) is 0.898. The molecule has 2 aliphatic heterocycles. The summed E-state index contributed by atoms with van der Waals surface area (Å²) in [5.41, 5.74) is 0. The summed E-state index contributed by atoms with van der Waals surface area (Å²) in [6.45, 7) is 5.58. The summed E-state index contributed by atoms with van der Waals surface area (Å²) in [7, 11) is 0.